The van der Waals surface area contributed by atoms with Gasteiger partial charge in [0.25, 0.3) is 5.91 Å². The van der Waals surface area contributed by atoms with Gasteiger partial charge < -0.3 is 9.80 Å². The molecular weight excluding hydrogens is 312 g/mol. The van der Waals surface area contributed by atoms with Crippen molar-refractivity contribution in [1.29, 1.82) is 0 Å². The molecule has 1 aliphatic heterocycles. The lowest BCUT2D eigenvalue weighted by Crippen LogP contribution is -2.30. The van der Waals surface area contributed by atoms with Gasteiger partial charge in [-0.25, -0.2) is 9.97 Å². The number of hydrogen-bond acceptors (Lipinski definition) is 4. The van der Waals surface area contributed by atoms with Gasteiger partial charge in [0, 0.05) is 18.9 Å². The third-order valence-electron chi connectivity index (χ3n) is 4.33. The lowest BCUT2D eigenvalue weighted by Gasteiger charge is -2.25. The van der Waals surface area contributed by atoms with Gasteiger partial charge in [0.15, 0.2) is 5.82 Å². The molecule has 124 valence electrons. The molecule has 0 saturated carbocycles. The molecule has 1 amide bonds. The van der Waals surface area contributed by atoms with Crippen LogP contribution in [0.1, 0.15) is 22.8 Å². The van der Waals surface area contributed by atoms with Crippen molar-refractivity contribution in [3.05, 3.63) is 78.1 Å². The number of nitrogens with zero attached hydrogens (tertiary/aromatic N) is 4. The first-order valence-corrected chi connectivity index (χ1v) is 8.33. The molecule has 3 aromatic rings. The number of pyridine rings is 2. The van der Waals surface area contributed by atoms with Crippen molar-refractivity contribution >= 4 is 23.2 Å². The van der Waals surface area contributed by atoms with E-state index in [1.54, 1.807) is 23.4 Å². The molecule has 0 fully saturated rings. The zero-order chi connectivity index (χ0) is 17.2. The maximum Gasteiger partial charge on any atom is 0.262 e. The van der Waals surface area contributed by atoms with Gasteiger partial charge in [-0.1, -0.05) is 30.3 Å². The van der Waals surface area contributed by atoms with Crippen LogP contribution in [-0.4, -0.2) is 22.4 Å². The van der Waals surface area contributed by atoms with E-state index in [0.717, 1.165) is 17.1 Å². The second-order valence-corrected chi connectivity index (χ2v) is 5.84. The molecule has 3 heterocycles. The average Bonchev–Trinajstić information content (AvgIpc) is 2.77. The fourth-order valence-corrected chi connectivity index (χ4v) is 3.17. The Hall–Kier alpha value is -3.21. The van der Waals surface area contributed by atoms with Crippen LogP contribution in [0.4, 0.5) is 17.3 Å². The Bertz CT molecular complexity index is 910. The highest BCUT2D eigenvalue weighted by Gasteiger charge is 2.31. The van der Waals surface area contributed by atoms with Crippen LogP contribution in [0.25, 0.3) is 0 Å². The van der Waals surface area contributed by atoms with E-state index in [9.17, 15) is 4.79 Å². The van der Waals surface area contributed by atoms with Crippen LogP contribution in [-0.2, 0) is 6.54 Å². The number of carbonyl (C=O) groups is 1. The Balaban J connectivity index is 1.93. The summed E-state index contributed by atoms with van der Waals surface area (Å²) in [5, 5.41) is 0. The highest BCUT2D eigenvalue weighted by Crippen LogP contribution is 2.38. The molecule has 5 nitrogen and oxygen atoms in total. The van der Waals surface area contributed by atoms with Gasteiger partial charge in [0.05, 0.1) is 17.8 Å². The lowest BCUT2D eigenvalue weighted by molar-refractivity contribution is 0.0989. The Morgan fingerprint density at radius 2 is 1.56 bits per heavy atom. The first kappa shape index (κ1) is 15.3. The quantitative estimate of drug-likeness (QED) is 0.733. The molecule has 1 aliphatic rings. The number of benzene rings is 1. The summed E-state index contributed by atoms with van der Waals surface area (Å²) in [6, 6.07) is 17.6. The van der Waals surface area contributed by atoms with Crippen molar-refractivity contribution in [2.75, 3.05) is 16.3 Å². The Labute approximate surface area is 146 Å². The number of fused-ring (bicyclic) bond motifs is 2. The summed E-state index contributed by atoms with van der Waals surface area (Å²) < 4.78 is 0. The van der Waals surface area contributed by atoms with Gasteiger partial charge in [-0.15, -0.1) is 0 Å². The van der Waals surface area contributed by atoms with Crippen LogP contribution >= 0.6 is 0 Å². The number of anilines is 3. The van der Waals surface area contributed by atoms with Crippen molar-refractivity contribution in [3.8, 4) is 0 Å². The third-order valence-corrected chi connectivity index (χ3v) is 4.33. The van der Waals surface area contributed by atoms with Crippen LogP contribution < -0.4 is 9.80 Å². The fourth-order valence-electron chi connectivity index (χ4n) is 3.17. The summed E-state index contributed by atoms with van der Waals surface area (Å²) >= 11 is 0. The maximum atomic E-state index is 13.1. The summed E-state index contributed by atoms with van der Waals surface area (Å²) in [5.74, 6) is 1.35. The largest absolute Gasteiger partial charge is 0.305 e. The zero-order valence-electron chi connectivity index (χ0n) is 14.0. The SMILES string of the molecule is CCN1C(=O)c2cccnc2N(Cc2ccccc2)c2ncccc21. The Morgan fingerprint density at radius 3 is 2.32 bits per heavy atom. The number of rotatable bonds is 3. The van der Waals surface area contributed by atoms with Gasteiger partial charge in [0.2, 0.25) is 0 Å². The first-order chi connectivity index (χ1) is 12.3. The van der Waals surface area contributed by atoms with E-state index in [-0.39, 0.29) is 5.91 Å². The van der Waals surface area contributed by atoms with Crippen molar-refractivity contribution in [2.45, 2.75) is 13.5 Å². The van der Waals surface area contributed by atoms with E-state index < -0.39 is 0 Å². The van der Waals surface area contributed by atoms with E-state index in [2.05, 4.69) is 22.1 Å². The van der Waals surface area contributed by atoms with E-state index in [1.807, 2.05) is 48.2 Å². The van der Waals surface area contributed by atoms with Crippen molar-refractivity contribution in [3.63, 3.8) is 0 Å². The fraction of sp³-hybridized carbons (Fsp3) is 0.150. The first-order valence-electron chi connectivity index (χ1n) is 8.33. The minimum atomic E-state index is -0.0459. The molecule has 0 unspecified atom stereocenters. The standard InChI is InChI=1S/C20H18N4O/c1-2-23-17-11-7-13-22-19(17)24(14-15-8-4-3-5-9-15)18-16(20(23)25)10-6-12-21-18/h3-13H,2,14H2,1H3. The molecule has 0 spiro atoms. The molecule has 2 aromatic heterocycles. The number of carbonyl (C=O) groups excluding carboxylic acids is 1. The summed E-state index contributed by atoms with van der Waals surface area (Å²) in [6.07, 6.45) is 3.47. The van der Waals surface area contributed by atoms with Crippen molar-refractivity contribution < 1.29 is 4.79 Å². The van der Waals surface area contributed by atoms with Crippen LogP contribution in [0.5, 0.6) is 0 Å². The van der Waals surface area contributed by atoms with Gasteiger partial charge in [-0.3, -0.25) is 4.79 Å². The number of aromatic nitrogens is 2. The number of amides is 1. The second-order valence-electron chi connectivity index (χ2n) is 5.84. The van der Waals surface area contributed by atoms with E-state index in [1.165, 1.54) is 0 Å². The summed E-state index contributed by atoms with van der Waals surface area (Å²) in [7, 11) is 0. The highest BCUT2D eigenvalue weighted by molar-refractivity contribution is 6.12. The van der Waals surface area contributed by atoms with Crippen LogP contribution in [0.2, 0.25) is 0 Å². The summed E-state index contributed by atoms with van der Waals surface area (Å²) in [4.78, 5) is 25.9. The van der Waals surface area contributed by atoms with Crippen molar-refractivity contribution in [2.24, 2.45) is 0 Å². The lowest BCUT2D eigenvalue weighted by atomic mass is 10.2. The predicted molar refractivity (Wildman–Crippen MR) is 98.1 cm³/mol. The van der Waals surface area contributed by atoms with Gasteiger partial charge >= 0.3 is 0 Å². The molecule has 5 heteroatoms. The zero-order valence-corrected chi connectivity index (χ0v) is 14.0. The molecule has 0 atom stereocenters. The minimum Gasteiger partial charge on any atom is -0.305 e. The molecule has 4 rings (SSSR count). The third kappa shape index (κ3) is 2.63. The molecule has 0 aliphatic carbocycles. The normalized spacial score (nSPS) is 13.2. The van der Waals surface area contributed by atoms with Gasteiger partial charge in [-0.05, 0) is 36.8 Å². The predicted octanol–water partition coefficient (Wildman–Crippen LogP) is 3.80. The smallest absolute Gasteiger partial charge is 0.262 e. The van der Waals surface area contributed by atoms with E-state index in [4.69, 9.17) is 0 Å². The Kier molecular flexibility index (Phi) is 3.90. The average molecular weight is 330 g/mol. The van der Waals surface area contributed by atoms with Crippen LogP contribution in [0.3, 0.4) is 0 Å². The molecule has 0 bridgehead atoms. The molecular formula is C20H18N4O. The summed E-state index contributed by atoms with van der Waals surface area (Å²) in [5.41, 5.74) is 2.54. The minimum absolute atomic E-state index is 0.0459. The van der Waals surface area contributed by atoms with Gasteiger partial charge in [-0.2, -0.15) is 0 Å². The number of hydrogen-bond donors (Lipinski definition) is 0. The van der Waals surface area contributed by atoms with Crippen LogP contribution in [0, 0.1) is 0 Å². The Morgan fingerprint density at radius 1 is 0.840 bits per heavy atom. The highest BCUT2D eigenvalue weighted by atomic mass is 16.2. The second kappa shape index (κ2) is 6.36. The summed E-state index contributed by atoms with van der Waals surface area (Å²) in [6.45, 7) is 3.14. The molecule has 0 N–H and O–H groups in total. The molecule has 25 heavy (non-hydrogen) atoms. The van der Waals surface area contributed by atoms with E-state index in [0.29, 0.717) is 24.5 Å². The van der Waals surface area contributed by atoms with Gasteiger partial charge in [0.1, 0.15) is 5.82 Å². The van der Waals surface area contributed by atoms with Crippen LogP contribution in [0.15, 0.2) is 67.0 Å². The molecule has 1 aromatic carbocycles. The van der Waals surface area contributed by atoms with Crippen molar-refractivity contribution in [1.82, 2.24) is 9.97 Å². The monoisotopic (exact) mass is 330 g/mol. The van der Waals surface area contributed by atoms with E-state index >= 15 is 0 Å². The molecule has 0 saturated heterocycles. The topological polar surface area (TPSA) is 49.3 Å². The molecule has 0 radical (unpaired) electrons. The maximum absolute atomic E-state index is 13.1.